The number of para-hydroxylation sites is 2. The molecule has 21 heavy (non-hydrogen) atoms. The molecule has 0 spiro atoms. The van der Waals surface area contributed by atoms with Gasteiger partial charge in [0.25, 0.3) is 0 Å². The number of imidazole rings is 1. The summed E-state index contributed by atoms with van der Waals surface area (Å²) in [5, 5.41) is 20.4. The Bertz CT molecular complexity index is 907. The number of fused-ring (bicyclic) bond motifs is 1. The van der Waals surface area contributed by atoms with Crippen LogP contribution in [0.1, 0.15) is 11.4 Å². The molecule has 0 saturated heterocycles. The predicted molar refractivity (Wildman–Crippen MR) is 75.0 cm³/mol. The number of benzene rings is 1. The van der Waals surface area contributed by atoms with Gasteiger partial charge in [0.1, 0.15) is 17.5 Å². The highest BCUT2D eigenvalue weighted by atomic mass is 16.6. The van der Waals surface area contributed by atoms with Crippen molar-refractivity contribution in [2.45, 2.75) is 6.92 Å². The van der Waals surface area contributed by atoms with Crippen LogP contribution in [0.3, 0.4) is 0 Å². The molecule has 0 unspecified atom stereocenters. The van der Waals surface area contributed by atoms with Crippen molar-refractivity contribution in [3.63, 3.8) is 0 Å². The van der Waals surface area contributed by atoms with E-state index in [0.717, 1.165) is 0 Å². The Hall–Kier alpha value is -3.27. The first-order valence-corrected chi connectivity index (χ1v) is 6.11. The van der Waals surface area contributed by atoms with Gasteiger partial charge in [-0.25, -0.2) is 9.97 Å². The van der Waals surface area contributed by atoms with Gasteiger partial charge in [-0.15, -0.1) is 0 Å². The van der Waals surface area contributed by atoms with Gasteiger partial charge in [0, 0.05) is 6.20 Å². The van der Waals surface area contributed by atoms with Crippen molar-refractivity contribution in [2.24, 2.45) is 0 Å². The van der Waals surface area contributed by atoms with Crippen molar-refractivity contribution in [3.8, 4) is 11.9 Å². The SMILES string of the molecule is Cc1nc2ccccc2n1-c1nccc(C#N)c1[N+](=O)[O-]. The van der Waals surface area contributed by atoms with Crippen molar-refractivity contribution >= 4 is 16.7 Å². The van der Waals surface area contributed by atoms with E-state index in [0.29, 0.717) is 16.9 Å². The number of aryl methyl sites for hydroxylation is 1. The minimum Gasteiger partial charge on any atom is -0.275 e. The molecule has 1 aromatic carbocycles. The van der Waals surface area contributed by atoms with Crippen molar-refractivity contribution in [1.29, 1.82) is 5.26 Å². The zero-order valence-corrected chi connectivity index (χ0v) is 11.0. The highest BCUT2D eigenvalue weighted by Crippen LogP contribution is 2.28. The molecule has 0 amide bonds. The van der Waals surface area contributed by atoms with Crippen LogP contribution in [-0.4, -0.2) is 19.5 Å². The second kappa shape index (κ2) is 4.68. The topological polar surface area (TPSA) is 97.6 Å². The molecule has 0 atom stereocenters. The van der Waals surface area contributed by atoms with E-state index in [-0.39, 0.29) is 17.1 Å². The fourth-order valence-corrected chi connectivity index (χ4v) is 2.29. The van der Waals surface area contributed by atoms with Gasteiger partial charge in [0.05, 0.1) is 16.0 Å². The van der Waals surface area contributed by atoms with Crippen molar-refractivity contribution < 1.29 is 4.92 Å². The highest BCUT2D eigenvalue weighted by molar-refractivity contribution is 5.79. The zero-order chi connectivity index (χ0) is 15.0. The van der Waals surface area contributed by atoms with Crippen LogP contribution in [0.25, 0.3) is 16.9 Å². The molecule has 0 aliphatic heterocycles. The number of pyridine rings is 1. The molecule has 0 saturated carbocycles. The van der Waals surface area contributed by atoms with Crippen molar-refractivity contribution in [3.05, 3.63) is 58.0 Å². The molecule has 0 radical (unpaired) electrons. The maximum atomic E-state index is 11.3. The fraction of sp³-hybridized carbons (Fsp3) is 0.0714. The highest BCUT2D eigenvalue weighted by Gasteiger charge is 2.24. The summed E-state index contributed by atoms with van der Waals surface area (Å²) in [7, 11) is 0. The molecule has 7 nitrogen and oxygen atoms in total. The van der Waals surface area contributed by atoms with Crippen molar-refractivity contribution in [1.82, 2.24) is 14.5 Å². The summed E-state index contributed by atoms with van der Waals surface area (Å²) in [6.07, 6.45) is 1.38. The molecule has 3 rings (SSSR count). The smallest absolute Gasteiger partial charge is 0.275 e. The summed E-state index contributed by atoms with van der Waals surface area (Å²) in [6.45, 7) is 1.74. The average molecular weight is 279 g/mol. The molecule has 0 fully saturated rings. The van der Waals surface area contributed by atoms with Gasteiger partial charge >= 0.3 is 5.69 Å². The molecule has 0 aliphatic carbocycles. The van der Waals surface area contributed by atoms with Gasteiger partial charge < -0.3 is 0 Å². The normalized spacial score (nSPS) is 10.5. The zero-order valence-electron chi connectivity index (χ0n) is 11.0. The van der Waals surface area contributed by atoms with Gasteiger partial charge in [0.15, 0.2) is 0 Å². The van der Waals surface area contributed by atoms with E-state index in [9.17, 15) is 10.1 Å². The number of nitrogens with zero attached hydrogens (tertiary/aromatic N) is 5. The summed E-state index contributed by atoms with van der Waals surface area (Å²) in [4.78, 5) is 19.2. The molecule has 2 heterocycles. The second-order valence-electron chi connectivity index (χ2n) is 4.38. The average Bonchev–Trinajstić information content (AvgIpc) is 2.81. The van der Waals surface area contributed by atoms with Crippen LogP contribution in [0, 0.1) is 28.4 Å². The number of hydrogen-bond donors (Lipinski definition) is 0. The molecule has 0 aliphatic rings. The van der Waals surface area contributed by atoms with Gasteiger partial charge in [-0.2, -0.15) is 5.26 Å². The molecule has 2 aromatic heterocycles. The molecular formula is C14H9N5O2. The largest absolute Gasteiger partial charge is 0.329 e. The standard InChI is InChI=1S/C14H9N5O2/c1-9-17-11-4-2-3-5-12(11)18(9)14-13(19(20)21)10(8-15)6-7-16-14/h2-7H,1H3. The van der Waals surface area contributed by atoms with Crippen LogP contribution < -0.4 is 0 Å². The predicted octanol–water partition coefficient (Wildman–Crippen LogP) is 2.51. The molecule has 7 heteroatoms. The first kappa shape index (κ1) is 12.7. The van der Waals surface area contributed by atoms with Crippen LogP contribution in [0.15, 0.2) is 36.5 Å². The number of nitriles is 1. The van der Waals surface area contributed by atoms with Crippen LogP contribution >= 0.6 is 0 Å². The Kier molecular flexibility index (Phi) is 2.84. The summed E-state index contributed by atoms with van der Waals surface area (Å²) >= 11 is 0. The monoisotopic (exact) mass is 279 g/mol. The maximum absolute atomic E-state index is 11.3. The van der Waals surface area contributed by atoms with E-state index in [1.54, 1.807) is 17.6 Å². The Morgan fingerprint density at radius 3 is 2.81 bits per heavy atom. The summed E-state index contributed by atoms with van der Waals surface area (Å²) in [6, 6.07) is 10.4. The third kappa shape index (κ3) is 1.90. The molecule has 0 bridgehead atoms. The molecule has 0 N–H and O–H groups in total. The minimum absolute atomic E-state index is 0.0258. The van der Waals surface area contributed by atoms with E-state index in [2.05, 4.69) is 9.97 Å². The summed E-state index contributed by atoms with van der Waals surface area (Å²) in [5.41, 5.74) is 1.09. The lowest BCUT2D eigenvalue weighted by atomic mass is 10.2. The lowest BCUT2D eigenvalue weighted by molar-refractivity contribution is -0.385. The van der Waals surface area contributed by atoms with Crippen LogP contribution in [-0.2, 0) is 0 Å². The van der Waals surface area contributed by atoms with Crippen molar-refractivity contribution in [2.75, 3.05) is 0 Å². The summed E-state index contributed by atoms with van der Waals surface area (Å²) in [5.74, 6) is 0.673. The van der Waals surface area contributed by atoms with E-state index >= 15 is 0 Å². The molecule has 3 aromatic rings. The van der Waals surface area contributed by atoms with Gasteiger partial charge in [-0.3, -0.25) is 14.7 Å². The van der Waals surface area contributed by atoms with Crippen LogP contribution in [0.2, 0.25) is 0 Å². The van der Waals surface area contributed by atoms with Crippen LogP contribution in [0.4, 0.5) is 5.69 Å². The fourth-order valence-electron chi connectivity index (χ4n) is 2.29. The number of rotatable bonds is 2. The molecular weight excluding hydrogens is 270 g/mol. The number of hydrogen-bond acceptors (Lipinski definition) is 5. The lowest BCUT2D eigenvalue weighted by Crippen LogP contribution is -2.06. The Labute approximate surface area is 119 Å². The summed E-state index contributed by atoms with van der Waals surface area (Å²) < 4.78 is 1.59. The number of aromatic nitrogens is 3. The third-order valence-electron chi connectivity index (χ3n) is 3.15. The first-order chi connectivity index (χ1) is 10.1. The Balaban J connectivity index is 2.42. The van der Waals surface area contributed by atoms with Gasteiger partial charge in [-0.1, -0.05) is 12.1 Å². The lowest BCUT2D eigenvalue weighted by Gasteiger charge is -2.07. The van der Waals surface area contributed by atoms with Crippen LogP contribution in [0.5, 0.6) is 0 Å². The Morgan fingerprint density at radius 1 is 1.33 bits per heavy atom. The quantitative estimate of drug-likeness (QED) is 0.530. The molecule has 102 valence electrons. The van der Waals surface area contributed by atoms with Gasteiger partial charge in [-0.05, 0) is 25.1 Å². The van der Waals surface area contributed by atoms with E-state index < -0.39 is 4.92 Å². The Morgan fingerprint density at radius 2 is 2.10 bits per heavy atom. The third-order valence-corrected chi connectivity index (χ3v) is 3.15. The second-order valence-corrected chi connectivity index (χ2v) is 4.38. The van der Waals surface area contributed by atoms with E-state index in [1.165, 1.54) is 12.3 Å². The van der Waals surface area contributed by atoms with Gasteiger partial charge in [0.2, 0.25) is 5.82 Å². The van der Waals surface area contributed by atoms with E-state index in [4.69, 9.17) is 5.26 Å². The van der Waals surface area contributed by atoms with E-state index in [1.807, 2.05) is 24.3 Å². The maximum Gasteiger partial charge on any atom is 0.329 e. The first-order valence-electron chi connectivity index (χ1n) is 6.11. The minimum atomic E-state index is -0.588. The number of nitro groups is 1.